The third-order valence-corrected chi connectivity index (χ3v) is 6.94. The van der Waals surface area contributed by atoms with Gasteiger partial charge < -0.3 is 4.90 Å². The van der Waals surface area contributed by atoms with Crippen molar-refractivity contribution >= 4 is 27.0 Å². The van der Waals surface area contributed by atoms with E-state index >= 15 is 0 Å². The van der Waals surface area contributed by atoms with Crippen molar-refractivity contribution in [1.29, 1.82) is 0 Å². The van der Waals surface area contributed by atoms with Crippen LogP contribution in [0.3, 0.4) is 0 Å². The number of nitrogens with one attached hydrogen (secondary N) is 1. The topological polar surface area (TPSA) is 85.0 Å². The molecule has 9 heteroatoms. The summed E-state index contributed by atoms with van der Waals surface area (Å²) in [5.74, 6) is 0. The van der Waals surface area contributed by atoms with Gasteiger partial charge in [0, 0.05) is 6.07 Å². The maximum Gasteiger partial charge on any atom is 0.289 e. The lowest BCUT2D eigenvalue weighted by Gasteiger charge is -2.31. The molecule has 0 unspecified atom stereocenters. The van der Waals surface area contributed by atoms with Gasteiger partial charge in [-0.15, -0.1) is 11.3 Å². The maximum atomic E-state index is 12.8. The summed E-state index contributed by atoms with van der Waals surface area (Å²) in [5, 5.41) is 13.1. The number of quaternary nitrogens is 1. The lowest BCUT2D eigenvalue weighted by Crippen LogP contribution is -3.13. The molecule has 0 radical (unpaired) electrons. The van der Waals surface area contributed by atoms with E-state index in [0.29, 0.717) is 26.2 Å². The van der Waals surface area contributed by atoms with Crippen molar-refractivity contribution in [2.24, 2.45) is 0 Å². The zero-order chi connectivity index (χ0) is 17.2. The molecule has 1 saturated heterocycles. The fourth-order valence-electron chi connectivity index (χ4n) is 2.84. The average Bonchev–Trinajstić information content (AvgIpc) is 3.08. The molecule has 1 fully saturated rings. The largest absolute Gasteiger partial charge is 0.328 e. The first-order valence-electron chi connectivity index (χ1n) is 7.58. The predicted molar refractivity (Wildman–Crippen MR) is 90.6 cm³/mol. The summed E-state index contributed by atoms with van der Waals surface area (Å²) in [5.41, 5.74) is -0.370. The standard InChI is InChI=1S/C15H17N3O4S2/c19-18(20)14-5-1-2-6-15(14)24(21,22)17-9-7-16(8-10-17)12-13-4-3-11-23-13/h1-6,11H,7-10,12H2/p+1. The summed E-state index contributed by atoms with van der Waals surface area (Å²) in [4.78, 5) is 12.8. The van der Waals surface area contributed by atoms with Gasteiger partial charge in [0.25, 0.3) is 5.69 Å². The number of thiophene rings is 1. The van der Waals surface area contributed by atoms with Gasteiger partial charge >= 0.3 is 0 Å². The quantitative estimate of drug-likeness (QED) is 0.623. The van der Waals surface area contributed by atoms with Crippen LogP contribution in [-0.4, -0.2) is 43.8 Å². The monoisotopic (exact) mass is 368 g/mol. The molecule has 0 saturated carbocycles. The van der Waals surface area contributed by atoms with Crippen molar-refractivity contribution < 1.29 is 18.2 Å². The van der Waals surface area contributed by atoms with E-state index in [4.69, 9.17) is 0 Å². The number of benzene rings is 1. The zero-order valence-corrected chi connectivity index (χ0v) is 14.6. The molecular weight excluding hydrogens is 350 g/mol. The van der Waals surface area contributed by atoms with E-state index in [1.165, 1.54) is 38.3 Å². The van der Waals surface area contributed by atoms with Gasteiger partial charge in [-0.3, -0.25) is 10.1 Å². The minimum absolute atomic E-state index is 0.225. The SMILES string of the molecule is O=[N+]([O-])c1ccccc1S(=O)(=O)N1CC[NH+](Cc2cccs2)CC1. The number of hydrogen-bond donors (Lipinski definition) is 1. The summed E-state index contributed by atoms with van der Waals surface area (Å²) in [6.07, 6.45) is 0. The zero-order valence-electron chi connectivity index (χ0n) is 12.9. The molecule has 0 amide bonds. The summed E-state index contributed by atoms with van der Waals surface area (Å²) < 4.78 is 26.9. The second kappa shape index (κ2) is 6.98. The van der Waals surface area contributed by atoms with Gasteiger partial charge in [-0.1, -0.05) is 18.2 Å². The Balaban J connectivity index is 1.72. The molecule has 2 heterocycles. The number of sulfonamides is 1. The molecule has 1 N–H and O–H groups in total. The number of nitro benzene ring substituents is 1. The van der Waals surface area contributed by atoms with Crippen molar-refractivity contribution in [1.82, 2.24) is 4.31 Å². The molecule has 0 atom stereocenters. The number of para-hydroxylation sites is 1. The van der Waals surface area contributed by atoms with Crippen molar-refractivity contribution in [2.75, 3.05) is 26.2 Å². The van der Waals surface area contributed by atoms with Gasteiger partial charge in [-0.05, 0) is 17.5 Å². The fraction of sp³-hybridized carbons (Fsp3) is 0.333. The van der Waals surface area contributed by atoms with Crippen LogP contribution in [0.4, 0.5) is 5.69 Å². The van der Waals surface area contributed by atoms with Crippen molar-refractivity contribution in [2.45, 2.75) is 11.4 Å². The highest BCUT2D eigenvalue weighted by atomic mass is 32.2. The molecule has 0 bridgehead atoms. The van der Waals surface area contributed by atoms with E-state index in [-0.39, 0.29) is 10.6 Å². The highest BCUT2D eigenvalue weighted by Gasteiger charge is 2.34. The molecule has 2 aromatic rings. The van der Waals surface area contributed by atoms with Crippen LogP contribution in [0.15, 0.2) is 46.7 Å². The van der Waals surface area contributed by atoms with Gasteiger partial charge in [0.05, 0.1) is 36.0 Å². The molecular formula is C15H18N3O4S2+. The lowest BCUT2D eigenvalue weighted by atomic mass is 10.3. The highest BCUT2D eigenvalue weighted by molar-refractivity contribution is 7.89. The first kappa shape index (κ1) is 17.0. The van der Waals surface area contributed by atoms with Crippen molar-refractivity contribution in [3.05, 3.63) is 56.8 Å². The Morgan fingerprint density at radius 3 is 2.50 bits per heavy atom. The summed E-state index contributed by atoms with van der Waals surface area (Å²) >= 11 is 1.70. The summed E-state index contributed by atoms with van der Waals surface area (Å²) in [6.45, 7) is 3.01. The smallest absolute Gasteiger partial charge is 0.289 e. The number of nitrogens with zero attached hydrogens (tertiary/aromatic N) is 2. The minimum Gasteiger partial charge on any atom is -0.328 e. The Kier molecular flexibility index (Phi) is 4.95. The molecule has 24 heavy (non-hydrogen) atoms. The predicted octanol–water partition coefficient (Wildman–Crippen LogP) is 0.746. The maximum absolute atomic E-state index is 12.8. The summed E-state index contributed by atoms with van der Waals surface area (Å²) in [6, 6.07) is 9.60. The Hall–Kier alpha value is -1.81. The fourth-order valence-corrected chi connectivity index (χ4v) is 5.22. The van der Waals surface area contributed by atoms with Gasteiger partial charge in [0.1, 0.15) is 6.54 Å². The van der Waals surface area contributed by atoms with Crippen LogP contribution >= 0.6 is 11.3 Å². The van der Waals surface area contributed by atoms with Gasteiger partial charge in [-0.2, -0.15) is 4.31 Å². The molecule has 1 aromatic heterocycles. The van der Waals surface area contributed by atoms with Crippen LogP contribution in [0, 0.1) is 10.1 Å². The Morgan fingerprint density at radius 1 is 1.17 bits per heavy atom. The number of piperazine rings is 1. The first-order chi connectivity index (χ1) is 11.5. The highest BCUT2D eigenvalue weighted by Crippen LogP contribution is 2.26. The van der Waals surface area contributed by atoms with Crippen LogP contribution in [0.25, 0.3) is 0 Å². The Morgan fingerprint density at radius 2 is 1.88 bits per heavy atom. The molecule has 1 aliphatic rings. The van der Waals surface area contributed by atoms with Crippen molar-refractivity contribution in [3.63, 3.8) is 0 Å². The first-order valence-corrected chi connectivity index (χ1v) is 9.90. The van der Waals surface area contributed by atoms with E-state index in [9.17, 15) is 18.5 Å². The second-order valence-electron chi connectivity index (χ2n) is 5.64. The van der Waals surface area contributed by atoms with Crippen LogP contribution in [0.5, 0.6) is 0 Å². The third-order valence-electron chi connectivity index (χ3n) is 4.11. The van der Waals surface area contributed by atoms with E-state index in [2.05, 4.69) is 6.07 Å². The van der Waals surface area contributed by atoms with Crippen molar-refractivity contribution in [3.8, 4) is 0 Å². The second-order valence-corrected chi connectivity index (χ2v) is 8.57. The van der Waals surface area contributed by atoms with E-state index in [1.807, 2.05) is 11.4 Å². The minimum atomic E-state index is -3.84. The number of nitro groups is 1. The normalized spacial score (nSPS) is 17.0. The molecule has 3 rings (SSSR count). The summed E-state index contributed by atoms with van der Waals surface area (Å²) in [7, 11) is -3.84. The molecule has 1 aromatic carbocycles. The van der Waals surface area contributed by atoms with E-state index < -0.39 is 14.9 Å². The molecule has 0 spiro atoms. The Bertz CT molecular complexity index is 813. The van der Waals surface area contributed by atoms with Crippen LogP contribution in [0.2, 0.25) is 0 Å². The molecule has 128 valence electrons. The van der Waals surface area contributed by atoms with Crippen LogP contribution in [-0.2, 0) is 16.6 Å². The van der Waals surface area contributed by atoms with E-state index in [0.717, 1.165) is 6.54 Å². The average molecular weight is 368 g/mol. The van der Waals surface area contributed by atoms with Gasteiger partial charge in [0.2, 0.25) is 10.0 Å². The van der Waals surface area contributed by atoms with Gasteiger partial charge in [-0.25, -0.2) is 8.42 Å². The van der Waals surface area contributed by atoms with Crippen LogP contribution < -0.4 is 4.90 Å². The third kappa shape index (κ3) is 3.48. The van der Waals surface area contributed by atoms with Gasteiger partial charge in [0.15, 0.2) is 4.90 Å². The number of hydrogen-bond acceptors (Lipinski definition) is 5. The van der Waals surface area contributed by atoms with E-state index in [1.54, 1.807) is 11.3 Å². The Labute approximate surface area is 144 Å². The van der Waals surface area contributed by atoms with Crippen LogP contribution in [0.1, 0.15) is 4.88 Å². The lowest BCUT2D eigenvalue weighted by molar-refractivity contribution is -0.917. The number of rotatable bonds is 5. The molecule has 0 aliphatic carbocycles. The molecule has 7 nitrogen and oxygen atoms in total. The molecule has 1 aliphatic heterocycles.